The van der Waals surface area contributed by atoms with E-state index in [0.717, 1.165) is 18.8 Å². The summed E-state index contributed by atoms with van der Waals surface area (Å²) in [5.74, 6) is 0.580. The summed E-state index contributed by atoms with van der Waals surface area (Å²) in [6.07, 6.45) is 3.35. The van der Waals surface area contributed by atoms with Crippen LogP contribution in [0.3, 0.4) is 0 Å². The number of nitrogen functional groups attached to an aromatic ring is 1. The van der Waals surface area contributed by atoms with E-state index in [1.165, 1.54) is 0 Å². The molecule has 0 saturated carbocycles. The second-order valence-corrected chi connectivity index (χ2v) is 3.86. The van der Waals surface area contributed by atoms with Crippen LogP contribution in [0.1, 0.15) is 13.8 Å². The van der Waals surface area contributed by atoms with Crippen LogP contribution in [-0.4, -0.2) is 24.7 Å². The first-order valence-electron chi connectivity index (χ1n) is 5.21. The smallest absolute Gasteiger partial charge is 0.0736 e. The molecule has 0 atom stereocenters. The summed E-state index contributed by atoms with van der Waals surface area (Å²) < 4.78 is 5.44. The molecule has 4 nitrogen and oxygen atoms in total. The number of nitrogens with one attached hydrogen (secondary N) is 1. The second kappa shape index (κ2) is 6.24. The molecule has 3 N–H and O–H groups in total. The SMILES string of the molecule is CC(C)COCCNc1ccncc1N. The molecule has 4 heteroatoms. The minimum atomic E-state index is 0.580. The lowest BCUT2D eigenvalue weighted by molar-refractivity contribution is 0.118. The lowest BCUT2D eigenvalue weighted by Gasteiger charge is -2.10. The highest BCUT2D eigenvalue weighted by atomic mass is 16.5. The van der Waals surface area contributed by atoms with Crippen molar-refractivity contribution in [1.82, 2.24) is 4.98 Å². The molecule has 1 rings (SSSR count). The largest absolute Gasteiger partial charge is 0.396 e. The average Bonchev–Trinajstić information content (AvgIpc) is 2.20. The molecular formula is C11H19N3O. The van der Waals surface area contributed by atoms with E-state index in [1.807, 2.05) is 6.07 Å². The molecule has 0 unspecified atom stereocenters. The van der Waals surface area contributed by atoms with Gasteiger partial charge in [0.25, 0.3) is 0 Å². The normalized spacial score (nSPS) is 10.6. The van der Waals surface area contributed by atoms with Crippen molar-refractivity contribution in [3.63, 3.8) is 0 Å². The summed E-state index contributed by atoms with van der Waals surface area (Å²) in [5, 5.41) is 3.20. The first-order valence-corrected chi connectivity index (χ1v) is 5.21. The zero-order chi connectivity index (χ0) is 11.1. The number of nitrogens with zero attached hydrogens (tertiary/aromatic N) is 1. The van der Waals surface area contributed by atoms with Gasteiger partial charge in [-0.25, -0.2) is 0 Å². The van der Waals surface area contributed by atoms with Gasteiger partial charge in [-0.2, -0.15) is 0 Å². The van der Waals surface area contributed by atoms with Crippen LogP contribution < -0.4 is 11.1 Å². The summed E-state index contributed by atoms with van der Waals surface area (Å²) in [7, 11) is 0. The van der Waals surface area contributed by atoms with Gasteiger partial charge in [-0.05, 0) is 12.0 Å². The van der Waals surface area contributed by atoms with E-state index in [1.54, 1.807) is 12.4 Å². The number of anilines is 2. The third-order valence-electron chi connectivity index (χ3n) is 1.86. The molecule has 0 aliphatic rings. The molecule has 0 bridgehead atoms. The lowest BCUT2D eigenvalue weighted by Crippen LogP contribution is -2.13. The van der Waals surface area contributed by atoms with E-state index < -0.39 is 0 Å². The van der Waals surface area contributed by atoms with E-state index in [9.17, 15) is 0 Å². The van der Waals surface area contributed by atoms with E-state index >= 15 is 0 Å². The van der Waals surface area contributed by atoms with Gasteiger partial charge in [0.15, 0.2) is 0 Å². The number of hydrogen-bond donors (Lipinski definition) is 2. The first-order chi connectivity index (χ1) is 7.20. The summed E-state index contributed by atoms with van der Waals surface area (Å²) in [6, 6.07) is 1.86. The zero-order valence-electron chi connectivity index (χ0n) is 9.36. The minimum Gasteiger partial charge on any atom is -0.396 e. The van der Waals surface area contributed by atoms with Crippen LogP contribution in [0.4, 0.5) is 11.4 Å². The molecule has 1 aromatic rings. The van der Waals surface area contributed by atoms with Gasteiger partial charge in [0.2, 0.25) is 0 Å². The molecule has 1 aromatic heterocycles. The highest BCUT2D eigenvalue weighted by Gasteiger charge is 1.97. The maximum atomic E-state index is 5.72. The monoisotopic (exact) mass is 209 g/mol. The fourth-order valence-corrected chi connectivity index (χ4v) is 1.14. The predicted molar refractivity (Wildman–Crippen MR) is 62.8 cm³/mol. The molecule has 84 valence electrons. The molecule has 0 amide bonds. The summed E-state index contributed by atoms with van der Waals surface area (Å²) in [4.78, 5) is 3.92. The van der Waals surface area contributed by atoms with Crippen LogP contribution >= 0.6 is 0 Å². The zero-order valence-corrected chi connectivity index (χ0v) is 9.36. The van der Waals surface area contributed by atoms with Crippen molar-refractivity contribution in [2.24, 2.45) is 5.92 Å². The molecular weight excluding hydrogens is 190 g/mol. The lowest BCUT2D eigenvalue weighted by atomic mass is 10.2. The second-order valence-electron chi connectivity index (χ2n) is 3.86. The van der Waals surface area contributed by atoms with Gasteiger partial charge in [-0.15, -0.1) is 0 Å². The Morgan fingerprint density at radius 2 is 2.33 bits per heavy atom. The summed E-state index contributed by atoms with van der Waals surface area (Å²) in [5.41, 5.74) is 7.30. The molecule has 0 spiro atoms. The van der Waals surface area contributed by atoms with Gasteiger partial charge < -0.3 is 15.8 Å². The molecule has 0 saturated heterocycles. The quantitative estimate of drug-likeness (QED) is 0.701. The fourth-order valence-electron chi connectivity index (χ4n) is 1.14. The maximum Gasteiger partial charge on any atom is 0.0736 e. The van der Waals surface area contributed by atoms with Crippen molar-refractivity contribution in [2.75, 3.05) is 30.8 Å². The van der Waals surface area contributed by atoms with Gasteiger partial charge in [0.05, 0.1) is 24.2 Å². The van der Waals surface area contributed by atoms with Crippen LogP contribution in [0.2, 0.25) is 0 Å². The van der Waals surface area contributed by atoms with E-state index in [0.29, 0.717) is 18.2 Å². The van der Waals surface area contributed by atoms with Gasteiger partial charge in [-0.3, -0.25) is 4.98 Å². The van der Waals surface area contributed by atoms with Crippen LogP contribution in [-0.2, 0) is 4.74 Å². The molecule has 15 heavy (non-hydrogen) atoms. The van der Waals surface area contributed by atoms with Crippen LogP contribution in [0.25, 0.3) is 0 Å². The summed E-state index contributed by atoms with van der Waals surface area (Å²) >= 11 is 0. The van der Waals surface area contributed by atoms with Gasteiger partial charge in [0, 0.05) is 19.3 Å². The number of hydrogen-bond acceptors (Lipinski definition) is 4. The van der Waals surface area contributed by atoms with Crippen molar-refractivity contribution in [3.8, 4) is 0 Å². The Labute approximate surface area is 90.8 Å². The third kappa shape index (κ3) is 4.65. The number of rotatable bonds is 6. The van der Waals surface area contributed by atoms with E-state index in [2.05, 4.69) is 24.1 Å². The molecule has 0 aromatic carbocycles. The molecule has 0 aliphatic heterocycles. The Morgan fingerprint density at radius 1 is 1.53 bits per heavy atom. The Balaban J connectivity index is 2.18. The fraction of sp³-hybridized carbons (Fsp3) is 0.545. The molecule has 1 heterocycles. The van der Waals surface area contributed by atoms with Gasteiger partial charge in [0.1, 0.15) is 0 Å². The van der Waals surface area contributed by atoms with Crippen LogP contribution in [0.5, 0.6) is 0 Å². The van der Waals surface area contributed by atoms with Crippen LogP contribution in [0.15, 0.2) is 18.5 Å². The Kier molecular flexibility index (Phi) is 4.90. The number of nitrogens with two attached hydrogens (primary N) is 1. The Bertz CT molecular complexity index is 289. The highest BCUT2D eigenvalue weighted by molar-refractivity contribution is 5.64. The number of pyridine rings is 1. The van der Waals surface area contributed by atoms with Crippen molar-refractivity contribution >= 4 is 11.4 Å². The average molecular weight is 209 g/mol. The van der Waals surface area contributed by atoms with Gasteiger partial charge in [-0.1, -0.05) is 13.8 Å². The Morgan fingerprint density at radius 3 is 3.00 bits per heavy atom. The van der Waals surface area contributed by atoms with Crippen molar-refractivity contribution in [1.29, 1.82) is 0 Å². The predicted octanol–water partition coefficient (Wildman–Crippen LogP) is 1.75. The van der Waals surface area contributed by atoms with Crippen molar-refractivity contribution in [3.05, 3.63) is 18.5 Å². The topological polar surface area (TPSA) is 60.2 Å². The summed E-state index contributed by atoms with van der Waals surface area (Å²) in [6.45, 7) is 6.52. The van der Waals surface area contributed by atoms with Gasteiger partial charge >= 0.3 is 0 Å². The van der Waals surface area contributed by atoms with Crippen molar-refractivity contribution < 1.29 is 4.74 Å². The maximum absolute atomic E-state index is 5.72. The van der Waals surface area contributed by atoms with E-state index in [-0.39, 0.29) is 0 Å². The van der Waals surface area contributed by atoms with Crippen LogP contribution in [0, 0.1) is 5.92 Å². The highest BCUT2D eigenvalue weighted by Crippen LogP contribution is 2.14. The van der Waals surface area contributed by atoms with Crippen molar-refractivity contribution in [2.45, 2.75) is 13.8 Å². The number of ether oxygens (including phenoxy) is 1. The standard InChI is InChI=1S/C11H19N3O/c1-9(2)8-15-6-5-14-11-3-4-13-7-10(11)12/h3-4,7,9H,5-6,8,12H2,1-2H3,(H,13,14). The minimum absolute atomic E-state index is 0.580. The molecule has 0 fully saturated rings. The third-order valence-corrected chi connectivity index (χ3v) is 1.86. The Hall–Kier alpha value is -1.29. The number of aromatic nitrogens is 1. The van der Waals surface area contributed by atoms with E-state index in [4.69, 9.17) is 10.5 Å². The molecule has 0 aliphatic carbocycles. The molecule has 0 radical (unpaired) electrons. The first kappa shape index (κ1) is 11.8.